The fourth-order valence-corrected chi connectivity index (χ4v) is 6.80. The van der Waals surface area contributed by atoms with Gasteiger partial charge in [-0.15, -0.1) is 0 Å². The van der Waals surface area contributed by atoms with Gasteiger partial charge >= 0.3 is 0 Å². The summed E-state index contributed by atoms with van der Waals surface area (Å²) in [7, 11) is 0. The molecule has 0 amide bonds. The third-order valence-corrected chi connectivity index (χ3v) is 9.24. The zero-order valence-electron chi connectivity index (χ0n) is 26.7. The third kappa shape index (κ3) is 5.38. The molecule has 0 bridgehead atoms. The maximum absolute atomic E-state index is 5.26. The summed E-state index contributed by atoms with van der Waals surface area (Å²) in [6.07, 6.45) is 0. The molecule has 0 aliphatic carbocycles. The second kappa shape index (κ2) is 12.2. The summed E-state index contributed by atoms with van der Waals surface area (Å²) in [4.78, 5) is 10.4. The minimum Gasteiger partial charge on any atom is -0.278 e. The highest BCUT2D eigenvalue weighted by atomic mass is 15.2. The van der Waals surface area contributed by atoms with E-state index in [1.165, 1.54) is 33.0 Å². The summed E-state index contributed by atoms with van der Waals surface area (Å²) in [6.45, 7) is 0. The number of hydrogen-bond acceptors (Lipinski definition) is 2. The van der Waals surface area contributed by atoms with E-state index in [9.17, 15) is 0 Å². The van der Waals surface area contributed by atoms with Gasteiger partial charge in [-0.2, -0.15) is 0 Å². The Morgan fingerprint density at radius 2 is 0.673 bits per heavy atom. The molecule has 0 radical (unpaired) electrons. The van der Waals surface area contributed by atoms with E-state index in [-0.39, 0.29) is 0 Å². The van der Waals surface area contributed by atoms with Crippen molar-refractivity contribution in [1.29, 1.82) is 0 Å². The normalized spacial score (nSPS) is 11.3. The summed E-state index contributed by atoms with van der Waals surface area (Å²) in [5.41, 5.74) is 13.1. The van der Waals surface area contributed by atoms with Crippen molar-refractivity contribution in [2.24, 2.45) is 0 Å². The number of aromatic nitrogens is 3. The van der Waals surface area contributed by atoms with Gasteiger partial charge in [-0.05, 0) is 63.7 Å². The van der Waals surface area contributed by atoms with E-state index < -0.39 is 0 Å². The van der Waals surface area contributed by atoms with Crippen molar-refractivity contribution < 1.29 is 0 Å². The molecule has 0 fully saturated rings. The molecule has 2 heterocycles. The molecule has 0 saturated heterocycles. The lowest BCUT2D eigenvalue weighted by Crippen LogP contribution is -2.04. The average Bonchev–Trinajstić information content (AvgIpc) is 3.53. The summed E-state index contributed by atoms with van der Waals surface area (Å²) in [6, 6.07) is 66.2. The zero-order valence-corrected chi connectivity index (χ0v) is 26.7. The molecule has 0 saturated carbocycles. The smallest absolute Gasteiger partial charge is 0.235 e. The molecule has 0 atom stereocenters. The molecule has 0 unspecified atom stereocenters. The van der Waals surface area contributed by atoms with Crippen LogP contribution in [0, 0.1) is 0 Å². The van der Waals surface area contributed by atoms with Crippen LogP contribution in [0.15, 0.2) is 188 Å². The summed E-state index contributed by atoms with van der Waals surface area (Å²) in [5, 5.41) is 2.37. The maximum Gasteiger partial charge on any atom is 0.235 e. The van der Waals surface area contributed by atoms with Crippen LogP contribution in [-0.2, 0) is 0 Å². The second-order valence-electron chi connectivity index (χ2n) is 12.3. The minimum absolute atomic E-state index is 0.653. The van der Waals surface area contributed by atoms with Gasteiger partial charge in [0.25, 0.3) is 0 Å². The van der Waals surface area contributed by atoms with Gasteiger partial charge in [0, 0.05) is 21.9 Å². The fourth-order valence-electron chi connectivity index (χ4n) is 6.80. The lowest BCUT2D eigenvalue weighted by molar-refractivity contribution is 0.995. The van der Waals surface area contributed by atoms with Crippen LogP contribution < -0.4 is 0 Å². The zero-order chi connectivity index (χ0) is 32.6. The van der Waals surface area contributed by atoms with Crippen LogP contribution in [0.2, 0.25) is 0 Å². The molecule has 49 heavy (non-hydrogen) atoms. The highest BCUT2D eigenvalue weighted by Crippen LogP contribution is 2.34. The summed E-state index contributed by atoms with van der Waals surface area (Å²) >= 11 is 0. The molecule has 0 spiro atoms. The first-order valence-electron chi connectivity index (χ1n) is 16.6. The summed E-state index contributed by atoms with van der Waals surface area (Å²) in [5.74, 6) is 0.653. The van der Waals surface area contributed by atoms with Crippen LogP contribution >= 0.6 is 0 Å². The Labute approximate surface area is 285 Å². The Morgan fingerprint density at radius 1 is 0.286 bits per heavy atom. The van der Waals surface area contributed by atoms with Gasteiger partial charge in [-0.25, -0.2) is 9.97 Å². The average molecular weight is 626 g/mol. The molecule has 0 aliphatic rings. The SMILES string of the molecule is c1ccc(-c2ccc(-c3cccc(-c4cccc(-c5cc(-c6ccccc6)nc(-n6c7ccccc7c7ccccc76)n5)c4)c3)cc2)cc1. The Kier molecular flexibility index (Phi) is 7.14. The van der Waals surface area contributed by atoms with E-state index in [0.717, 1.165) is 44.7 Å². The van der Waals surface area contributed by atoms with Crippen molar-refractivity contribution in [3.05, 3.63) is 188 Å². The number of rotatable bonds is 6. The summed E-state index contributed by atoms with van der Waals surface area (Å²) < 4.78 is 2.19. The van der Waals surface area contributed by atoms with Gasteiger partial charge in [-0.1, -0.05) is 158 Å². The van der Waals surface area contributed by atoms with Gasteiger partial charge in [0.15, 0.2) is 0 Å². The van der Waals surface area contributed by atoms with Crippen molar-refractivity contribution >= 4 is 21.8 Å². The van der Waals surface area contributed by atoms with Crippen LogP contribution in [0.5, 0.6) is 0 Å². The van der Waals surface area contributed by atoms with Crippen LogP contribution in [0.4, 0.5) is 0 Å². The largest absolute Gasteiger partial charge is 0.278 e. The highest BCUT2D eigenvalue weighted by Gasteiger charge is 2.17. The van der Waals surface area contributed by atoms with E-state index in [0.29, 0.717) is 5.95 Å². The Bertz CT molecular complexity index is 2530. The molecule has 230 valence electrons. The van der Waals surface area contributed by atoms with Crippen LogP contribution in [0.25, 0.3) is 83.6 Å². The van der Waals surface area contributed by atoms with Crippen LogP contribution in [0.1, 0.15) is 0 Å². The van der Waals surface area contributed by atoms with E-state index in [1.807, 2.05) is 6.07 Å². The first kappa shape index (κ1) is 28.6. The predicted molar refractivity (Wildman–Crippen MR) is 204 cm³/mol. The van der Waals surface area contributed by atoms with Crippen molar-refractivity contribution in [1.82, 2.24) is 14.5 Å². The Balaban J connectivity index is 1.14. The molecule has 0 N–H and O–H groups in total. The van der Waals surface area contributed by atoms with Gasteiger partial charge in [0.2, 0.25) is 5.95 Å². The topological polar surface area (TPSA) is 30.7 Å². The monoisotopic (exact) mass is 625 g/mol. The van der Waals surface area contributed by atoms with Gasteiger partial charge in [-0.3, -0.25) is 4.57 Å². The van der Waals surface area contributed by atoms with E-state index >= 15 is 0 Å². The van der Waals surface area contributed by atoms with Crippen molar-refractivity contribution in [2.45, 2.75) is 0 Å². The number of hydrogen-bond donors (Lipinski definition) is 0. The Hall–Kier alpha value is -6.58. The molecule has 3 nitrogen and oxygen atoms in total. The number of para-hydroxylation sites is 2. The third-order valence-electron chi connectivity index (χ3n) is 9.24. The lowest BCUT2D eigenvalue weighted by Gasteiger charge is -2.13. The van der Waals surface area contributed by atoms with E-state index in [4.69, 9.17) is 9.97 Å². The molecule has 0 aliphatic heterocycles. The van der Waals surface area contributed by atoms with Gasteiger partial charge < -0.3 is 0 Å². The molecular formula is C46H31N3. The lowest BCUT2D eigenvalue weighted by atomic mass is 9.96. The van der Waals surface area contributed by atoms with Gasteiger partial charge in [0.05, 0.1) is 22.4 Å². The fraction of sp³-hybridized carbons (Fsp3) is 0. The maximum atomic E-state index is 5.26. The van der Waals surface area contributed by atoms with Crippen LogP contribution in [0.3, 0.4) is 0 Å². The highest BCUT2D eigenvalue weighted by molar-refractivity contribution is 6.09. The molecule has 3 heteroatoms. The minimum atomic E-state index is 0.653. The van der Waals surface area contributed by atoms with Crippen molar-refractivity contribution in [2.75, 3.05) is 0 Å². The first-order chi connectivity index (χ1) is 24.3. The standard InChI is InChI=1S/C46H31N3/c1-3-13-32(14-4-1)33-25-27-34(28-26-33)36-17-11-18-37(29-36)38-19-12-20-39(30-38)43-31-42(35-15-5-2-6-16-35)47-46(48-43)49-44-23-9-7-21-40(44)41-22-8-10-24-45(41)49/h1-31H. The van der Waals surface area contributed by atoms with Gasteiger partial charge in [0.1, 0.15) is 0 Å². The number of nitrogens with zero attached hydrogens (tertiary/aromatic N) is 3. The number of benzene rings is 7. The Morgan fingerprint density at radius 3 is 1.27 bits per heavy atom. The molecule has 2 aromatic heterocycles. The first-order valence-corrected chi connectivity index (χ1v) is 16.6. The number of fused-ring (bicyclic) bond motifs is 3. The second-order valence-corrected chi connectivity index (χ2v) is 12.3. The van der Waals surface area contributed by atoms with Crippen molar-refractivity contribution in [3.63, 3.8) is 0 Å². The molecular weight excluding hydrogens is 595 g/mol. The molecule has 7 aromatic carbocycles. The molecule has 9 rings (SSSR count). The molecule has 9 aromatic rings. The van der Waals surface area contributed by atoms with Crippen molar-refractivity contribution in [3.8, 4) is 61.8 Å². The predicted octanol–water partition coefficient (Wildman–Crippen LogP) is 11.9. The van der Waals surface area contributed by atoms with E-state index in [1.54, 1.807) is 0 Å². The quantitative estimate of drug-likeness (QED) is 0.184. The van der Waals surface area contributed by atoms with Crippen LogP contribution in [-0.4, -0.2) is 14.5 Å². The van der Waals surface area contributed by atoms with E-state index in [2.05, 4.69) is 187 Å².